The number of methoxy groups -OCH3 is 1. The van der Waals surface area contributed by atoms with Crippen molar-refractivity contribution in [2.24, 2.45) is 5.92 Å². The molecule has 1 aromatic heterocycles. The van der Waals surface area contributed by atoms with Crippen molar-refractivity contribution >= 4 is 11.9 Å². The standard InChI is InChI=1S/C24H28N4O3/c1-17-5-7-18(8-6-17)13-14-25-23(29)20-4-3-15-28(16-20)24-26-22(27-31-24)19-9-11-21(30-2)12-10-19/h5-12,20H,3-4,13-16H2,1-2H3,(H,25,29). The molecule has 3 aromatic rings. The van der Waals surface area contributed by atoms with Crippen molar-refractivity contribution in [3.05, 3.63) is 59.7 Å². The van der Waals surface area contributed by atoms with E-state index in [-0.39, 0.29) is 11.8 Å². The lowest BCUT2D eigenvalue weighted by Gasteiger charge is -2.30. The molecule has 2 heterocycles. The molecule has 4 rings (SSSR count). The molecular weight excluding hydrogens is 392 g/mol. The maximum absolute atomic E-state index is 12.7. The zero-order valence-corrected chi connectivity index (χ0v) is 18.0. The molecule has 1 N–H and O–H groups in total. The zero-order chi connectivity index (χ0) is 21.6. The fourth-order valence-corrected chi connectivity index (χ4v) is 3.80. The Morgan fingerprint density at radius 1 is 1.19 bits per heavy atom. The third-order valence-electron chi connectivity index (χ3n) is 5.66. The Kier molecular flexibility index (Phi) is 6.50. The van der Waals surface area contributed by atoms with E-state index in [0.29, 0.717) is 24.9 Å². The lowest BCUT2D eigenvalue weighted by molar-refractivity contribution is -0.125. The summed E-state index contributed by atoms with van der Waals surface area (Å²) in [5.74, 6) is 1.32. The second-order valence-electron chi connectivity index (χ2n) is 7.94. The number of aromatic nitrogens is 2. The van der Waals surface area contributed by atoms with Crippen molar-refractivity contribution in [3.8, 4) is 17.1 Å². The molecule has 31 heavy (non-hydrogen) atoms. The lowest BCUT2D eigenvalue weighted by atomic mass is 9.97. The van der Waals surface area contributed by atoms with Crippen LogP contribution in [-0.2, 0) is 11.2 Å². The molecule has 1 unspecified atom stereocenters. The van der Waals surface area contributed by atoms with E-state index >= 15 is 0 Å². The Hall–Kier alpha value is -3.35. The summed E-state index contributed by atoms with van der Waals surface area (Å²) in [6, 6.07) is 16.4. The highest BCUT2D eigenvalue weighted by molar-refractivity contribution is 5.79. The molecule has 0 aliphatic carbocycles. The number of benzene rings is 2. The Bertz CT molecular complexity index is 998. The molecule has 0 saturated carbocycles. The highest BCUT2D eigenvalue weighted by Crippen LogP contribution is 2.25. The maximum atomic E-state index is 12.7. The van der Waals surface area contributed by atoms with Crippen molar-refractivity contribution in [2.45, 2.75) is 26.2 Å². The number of piperidine rings is 1. The predicted octanol–water partition coefficient (Wildman–Crippen LogP) is 3.63. The van der Waals surface area contributed by atoms with Gasteiger partial charge in [0.25, 0.3) is 0 Å². The number of nitrogens with one attached hydrogen (secondary N) is 1. The number of aryl methyl sites for hydroxylation is 1. The van der Waals surface area contributed by atoms with Crippen LogP contribution in [-0.4, -0.2) is 42.8 Å². The number of carbonyl (C=O) groups is 1. The van der Waals surface area contributed by atoms with Crippen molar-refractivity contribution in [2.75, 3.05) is 31.6 Å². The molecular formula is C24H28N4O3. The van der Waals surface area contributed by atoms with Gasteiger partial charge in [-0.1, -0.05) is 35.0 Å². The first-order valence-electron chi connectivity index (χ1n) is 10.7. The van der Waals surface area contributed by atoms with Crippen molar-refractivity contribution in [3.63, 3.8) is 0 Å². The first-order chi connectivity index (χ1) is 15.1. The largest absolute Gasteiger partial charge is 0.497 e. The number of ether oxygens (including phenoxy) is 1. The van der Waals surface area contributed by atoms with Gasteiger partial charge in [0, 0.05) is 25.2 Å². The van der Waals surface area contributed by atoms with E-state index in [1.165, 1.54) is 11.1 Å². The summed E-state index contributed by atoms with van der Waals surface area (Å²) in [5.41, 5.74) is 3.33. The summed E-state index contributed by atoms with van der Waals surface area (Å²) in [7, 11) is 1.63. The minimum Gasteiger partial charge on any atom is -0.497 e. The van der Waals surface area contributed by atoms with Crippen LogP contribution in [0.4, 0.5) is 6.01 Å². The number of rotatable bonds is 7. The van der Waals surface area contributed by atoms with Gasteiger partial charge >= 0.3 is 6.01 Å². The summed E-state index contributed by atoms with van der Waals surface area (Å²) < 4.78 is 10.7. The van der Waals surface area contributed by atoms with Gasteiger partial charge < -0.3 is 19.5 Å². The van der Waals surface area contributed by atoms with Crippen LogP contribution < -0.4 is 15.0 Å². The van der Waals surface area contributed by atoms with Gasteiger partial charge in [0.2, 0.25) is 11.7 Å². The quantitative estimate of drug-likeness (QED) is 0.629. The fourth-order valence-electron chi connectivity index (χ4n) is 3.80. The molecule has 1 fully saturated rings. The van der Waals surface area contributed by atoms with E-state index in [4.69, 9.17) is 9.26 Å². The SMILES string of the molecule is COc1ccc(-c2noc(N3CCCC(C(=O)NCCc4ccc(C)cc4)C3)n2)cc1. The molecule has 162 valence electrons. The molecule has 1 aliphatic heterocycles. The maximum Gasteiger partial charge on any atom is 0.324 e. The van der Waals surface area contributed by atoms with E-state index in [1.54, 1.807) is 7.11 Å². The molecule has 1 saturated heterocycles. The first kappa shape index (κ1) is 20.9. The summed E-state index contributed by atoms with van der Waals surface area (Å²) in [6.07, 6.45) is 2.61. The number of carbonyl (C=O) groups excluding carboxylic acids is 1. The third-order valence-corrected chi connectivity index (χ3v) is 5.66. The van der Waals surface area contributed by atoms with Gasteiger partial charge in [-0.3, -0.25) is 4.79 Å². The van der Waals surface area contributed by atoms with E-state index in [2.05, 4.69) is 46.6 Å². The van der Waals surface area contributed by atoms with Crippen LogP contribution in [0.15, 0.2) is 53.1 Å². The van der Waals surface area contributed by atoms with Gasteiger partial charge in [-0.2, -0.15) is 4.98 Å². The topological polar surface area (TPSA) is 80.5 Å². The van der Waals surface area contributed by atoms with Crippen LogP contribution in [0.2, 0.25) is 0 Å². The van der Waals surface area contributed by atoms with Crippen LogP contribution in [0, 0.1) is 12.8 Å². The van der Waals surface area contributed by atoms with Gasteiger partial charge in [0.05, 0.1) is 13.0 Å². The summed E-state index contributed by atoms with van der Waals surface area (Å²) >= 11 is 0. The average Bonchev–Trinajstić information content (AvgIpc) is 3.31. The number of hydrogen-bond acceptors (Lipinski definition) is 6. The molecule has 0 bridgehead atoms. The molecule has 0 radical (unpaired) electrons. The Morgan fingerprint density at radius 2 is 1.97 bits per heavy atom. The molecule has 7 heteroatoms. The smallest absolute Gasteiger partial charge is 0.324 e. The lowest BCUT2D eigenvalue weighted by Crippen LogP contribution is -2.43. The molecule has 1 aliphatic rings. The second kappa shape index (κ2) is 9.64. The molecule has 2 aromatic carbocycles. The van der Waals surface area contributed by atoms with Crippen molar-refractivity contribution in [1.82, 2.24) is 15.5 Å². The van der Waals surface area contributed by atoms with Crippen LogP contribution in [0.3, 0.4) is 0 Å². The number of amides is 1. The molecule has 1 amide bonds. The highest BCUT2D eigenvalue weighted by atomic mass is 16.5. The fraction of sp³-hybridized carbons (Fsp3) is 0.375. The Labute approximate surface area is 182 Å². The van der Waals surface area contributed by atoms with Crippen LogP contribution >= 0.6 is 0 Å². The van der Waals surface area contributed by atoms with Crippen LogP contribution in [0.1, 0.15) is 24.0 Å². The first-order valence-corrected chi connectivity index (χ1v) is 10.7. The van der Waals surface area contributed by atoms with Crippen molar-refractivity contribution < 1.29 is 14.1 Å². The predicted molar refractivity (Wildman–Crippen MR) is 119 cm³/mol. The molecule has 0 spiro atoms. The molecule has 7 nitrogen and oxygen atoms in total. The summed E-state index contributed by atoms with van der Waals surface area (Å²) in [5, 5.41) is 7.19. The van der Waals surface area contributed by atoms with E-state index in [1.807, 2.05) is 29.2 Å². The number of hydrogen-bond donors (Lipinski definition) is 1. The van der Waals surface area contributed by atoms with Gasteiger partial charge in [0.1, 0.15) is 5.75 Å². The number of nitrogens with zero attached hydrogens (tertiary/aromatic N) is 3. The average molecular weight is 421 g/mol. The second-order valence-corrected chi connectivity index (χ2v) is 7.94. The Morgan fingerprint density at radius 3 is 2.71 bits per heavy atom. The van der Waals surface area contributed by atoms with E-state index in [9.17, 15) is 4.79 Å². The zero-order valence-electron chi connectivity index (χ0n) is 18.0. The Balaban J connectivity index is 1.32. The monoisotopic (exact) mass is 420 g/mol. The van der Waals surface area contributed by atoms with Crippen molar-refractivity contribution in [1.29, 1.82) is 0 Å². The van der Waals surface area contributed by atoms with Crippen LogP contribution in [0.5, 0.6) is 5.75 Å². The van der Waals surface area contributed by atoms with Gasteiger partial charge in [0.15, 0.2) is 0 Å². The third kappa shape index (κ3) is 5.23. The van der Waals surface area contributed by atoms with Gasteiger partial charge in [-0.05, 0) is 56.0 Å². The normalized spacial score (nSPS) is 16.2. The minimum absolute atomic E-state index is 0.0805. The van der Waals surface area contributed by atoms with Gasteiger partial charge in [-0.15, -0.1) is 0 Å². The number of anilines is 1. The van der Waals surface area contributed by atoms with Crippen LogP contribution in [0.25, 0.3) is 11.4 Å². The minimum atomic E-state index is -0.0805. The van der Waals surface area contributed by atoms with E-state index < -0.39 is 0 Å². The summed E-state index contributed by atoms with van der Waals surface area (Å²) in [6.45, 7) is 4.10. The molecule has 1 atom stereocenters. The van der Waals surface area contributed by atoms with E-state index in [0.717, 1.165) is 37.1 Å². The van der Waals surface area contributed by atoms with Gasteiger partial charge in [-0.25, -0.2) is 0 Å². The summed E-state index contributed by atoms with van der Waals surface area (Å²) in [4.78, 5) is 19.2. The highest BCUT2D eigenvalue weighted by Gasteiger charge is 2.28.